The highest BCUT2D eigenvalue weighted by Gasteiger charge is 2.13. The maximum absolute atomic E-state index is 9.98. The van der Waals surface area contributed by atoms with Gasteiger partial charge in [-0.3, -0.25) is 0 Å². The van der Waals surface area contributed by atoms with Crippen LogP contribution < -0.4 is 10.1 Å². The van der Waals surface area contributed by atoms with Crippen molar-refractivity contribution in [1.82, 2.24) is 5.32 Å². The Morgan fingerprint density at radius 2 is 1.62 bits per heavy atom. The number of rotatable bonds is 7. The van der Waals surface area contributed by atoms with Crippen LogP contribution in [0.3, 0.4) is 0 Å². The molecule has 0 radical (unpaired) electrons. The van der Waals surface area contributed by atoms with E-state index in [1.165, 1.54) is 11.1 Å². The van der Waals surface area contributed by atoms with E-state index < -0.39 is 6.10 Å². The van der Waals surface area contributed by atoms with Crippen molar-refractivity contribution in [2.75, 3.05) is 13.2 Å². The lowest BCUT2D eigenvalue weighted by Crippen LogP contribution is -2.31. The molecule has 2 N–H and O–H groups in total. The van der Waals surface area contributed by atoms with Crippen molar-refractivity contribution in [2.45, 2.75) is 38.8 Å². The van der Waals surface area contributed by atoms with E-state index in [9.17, 15) is 5.11 Å². The molecule has 0 fully saturated rings. The Morgan fingerprint density at radius 1 is 1.00 bits per heavy atom. The van der Waals surface area contributed by atoms with Gasteiger partial charge in [0.15, 0.2) is 0 Å². The van der Waals surface area contributed by atoms with Crippen molar-refractivity contribution in [3.63, 3.8) is 0 Å². The molecule has 0 heterocycles. The van der Waals surface area contributed by atoms with Crippen LogP contribution in [0.15, 0.2) is 54.6 Å². The second-order valence-electron chi connectivity index (χ2n) is 6.86. The van der Waals surface area contributed by atoms with Crippen LogP contribution in [0.25, 0.3) is 0 Å². The number of hydrogen-bond acceptors (Lipinski definition) is 3. The summed E-state index contributed by atoms with van der Waals surface area (Å²) in [5.74, 6) is 0.792. The maximum atomic E-state index is 9.98. The lowest BCUT2D eigenvalue weighted by molar-refractivity contribution is 0.106. The average molecular weight is 350 g/mol. The minimum absolute atomic E-state index is 0. The number of hydrogen-bond donors (Lipinski definition) is 2. The Hall–Kier alpha value is -1.55. The molecule has 0 aliphatic rings. The molecule has 0 aliphatic heterocycles. The van der Waals surface area contributed by atoms with Crippen LogP contribution in [-0.4, -0.2) is 24.4 Å². The zero-order valence-electron chi connectivity index (χ0n) is 14.7. The summed E-state index contributed by atoms with van der Waals surface area (Å²) in [5.41, 5.74) is 2.62. The van der Waals surface area contributed by atoms with Crippen LogP contribution in [0.5, 0.6) is 5.75 Å². The van der Waals surface area contributed by atoms with Crippen LogP contribution in [0, 0.1) is 0 Å². The second-order valence-corrected chi connectivity index (χ2v) is 6.86. The van der Waals surface area contributed by atoms with E-state index in [1.54, 1.807) is 0 Å². The van der Waals surface area contributed by atoms with Crippen molar-refractivity contribution >= 4 is 12.4 Å². The summed E-state index contributed by atoms with van der Waals surface area (Å²) in [4.78, 5) is 0. The molecule has 0 saturated carbocycles. The highest BCUT2D eigenvalue weighted by atomic mass is 35.5. The molecule has 4 heteroatoms. The first kappa shape index (κ1) is 20.5. The average Bonchev–Trinajstić information content (AvgIpc) is 2.53. The van der Waals surface area contributed by atoms with Gasteiger partial charge in [0, 0.05) is 13.1 Å². The lowest BCUT2D eigenvalue weighted by atomic mass is 9.87. The largest absolute Gasteiger partial charge is 0.491 e. The fraction of sp³-hybridized carbons (Fsp3) is 0.400. The zero-order valence-corrected chi connectivity index (χ0v) is 15.5. The molecule has 132 valence electrons. The molecule has 0 bridgehead atoms. The van der Waals surface area contributed by atoms with E-state index in [1.807, 2.05) is 30.3 Å². The Labute approximate surface area is 151 Å². The molecule has 2 aromatic carbocycles. The monoisotopic (exact) mass is 349 g/mol. The summed E-state index contributed by atoms with van der Waals surface area (Å²) in [6.07, 6.45) is -0.527. The van der Waals surface area contributed by atoms with Crippen molar-refractivity contribution in [1.29, 1.82) is 0 Å². The molecule has 2 rings (SSSR count). The van der Waals surface area contributed by atoms with Gasteiger partial charge in [0.2, 0.25) is 0 Å². The first-order valence-corrected chi connectivity index (χ1v) is 8.11. The SMILES string of the molecule is CC(C)(C)c1ccc(OCC(O)CNCc2ccccc2)cc1.Cl. The predicted molar refractivity (Wildman–Crippen MR) is 102 cm³/mol. The number of aliphatic hydroxyl groups excluding tert-OH is 1. The lowest BCUT2D eigenvalue weighted by Gasteiger charge is -2.19. The number of nitrogens with one attached hydrogen (secondary N) is 1. The van der Waals surface area contributed by atoms with Crippen LogP contribution in [0.1, 0.15) is 31.9 Å². The third kappa shape index (κ3) is 6.91. The molecule has 2 aromatic rings. The van der Waals surface area contributed by atoms with E-state index in [2.05, 4.69) is 50.4 Å². The Kier molecular flexibility index (Phi) is 8.26. The molecular weight excluding hydrogens is 322 g/mol. The number of halogens is 1. The van der Waals surface area contributed by atoms with E-state index in [-0.39, 0.29) is 24.4 Å². The fourth-order valence-electron chi connectivity index (χ4n) is 2.28. The van der Waals surface area contributed by atoms with Crippen molar-refractivity contribution in [3.8, 4) is 5.75 Å². The Morgan fingerprint density at radius 3 is 2.21 bits per heavy atom. The molecule has 0 amide bonds. The zero-order chi connectivity index (χ0) is 16.7. The Bertz CT molecular complexity index is 579. The van der Waals surface area contributed by atoms with E-state index in [0.717, 1.165) is 12.3 Å². The quantitative estimate of drug-likeness (QED) is 0.795. The summed E-state index contributed by atoms with van der Waals surface area (Å²) in [5, 5.41) is 13.2. The molecular formula is C20H28ClNO2. The normalized spacial score (nSPS) is 12.3. The number of aliphatic hydroxyl groups is 1. The van der Waals surface area contributed by atoms with Gasteiger partial charge in [-0.25, -0.2) is 0 Å². The van der Waals surface area contributed by atoms with Gasteiger partial charge < -0.3 is 15.2 Å². The fourth-order valence-corrected chi connectivity index (χ4v) is 2.28. The third-order valence-corrected chi connectivity index (χ3v) is 3.71. The highest BCUT2D eigenvalue weighted by Crippen LogP contribution is 2.24. The first-order valence-electron chi connectivity index (χ1n) is 8.11. The van der Waals surface area contributed by atoms with E-state index in [4.69, 9.17) is 4.74 Å². The summed E-state index contributed by atoms with van der Waals surface area (Å²) in [6, 6.07) is 18.2. The van der Waals surface area contributed by atoms with Gasteiger partial charge in [-0.05, 0) is 28.7 Å². The van der Waals surface area contributed by atoms with Gasteiger partial charge in [-0.2, -0.15) is 0 Å². The van der Waals surface area contributed by atoms with Gasteiger partial charge in [0.1, 0.15) is 18.5 Å². The first-order chi connectivity index (χ1) is 10.9. The minimum Gasteiger partial charge on any atom is -0.491 e. The number of ether oxygens (including phenoxy) is 1. The second kappa shape index (κ2) is 9.67. The number of benzene rings is 2. The minimum atomic E-state index is -0.527. The predicted octanol–water partition coefficient (Wildman–Crippen LogP) is 3.94. The van der Waals surface area contributed by atoms with Gasteiger partial charge in [-0.15, -0.1) is 12.4 Å². The Balaban J connectivity index is 0.00000288. The van der Waals surface area contributed by atoms with Crippen LogP contribution in [0.2, 0.25) is 0 Å². The molecule has 0 saturated heterocycles. The molecule has 1 atom stereocenters. The summed E-state index contributed by atoms with van der Waals surface area (Å²) in [6.45, 7) is 8.10. The van der Waals surface area contributed by atoms with E-state index in [0.29, 0.717) is 6.54 Å². The van der Waals surface area contributed by atoms with Crippen molar-refractivity contribution in [3.05, 3.63) is 65.7 Å². The molecule has 0 aromatic heterocycles. The van der Waals surface area contributed by atoms with E-state index >= 15 is 0 Å². The summed E-state index contributed by atoms with van der Waals surface area (Å²) in [7, 11) is 0. The van der Waals surface area contributed by atoms with Crippen molar-refractivity contribution in [2.24, 2.45) is 0 Å². The highest BCUT2D eigenvalue weighted by molar-refractivity contribution is 5.85. The molecule has 24 heavy (non-hydrogen) atoms. The van der Waals surface area contributed by atoms with Crippen LogP contribution >= 0.6 is 12.4 Å². The molecule has 3 nitrogen and oxygen atoms in total. The topological polar surface area (TPSA) is 41.5 Å². The van der Waals surface area contributed by atoms with Gasteiger partial charge in [-0.1, -0.05) is 63.2 Å². The van der Waals surface area contributed by atoms with Gasteiger partial charge >= 0.3 is 0 Å². The summed E-state index contributed by atoms with van der Waals surface area (Å²) >= 11 is 0. The third-order valence-electron chi connectivity index (χ3n) is 3.71. The smallest absolute Gasteiger partial charge is 0.119 e. The van der Waals surface area contributed by atoms with Crippen LogP contribution in [-0.2, 0) is 12.0 Å². The van der Waals surface area contributed by atoms with Crippen molar-refractivity contribution < 1.29 is 9.84 Å². The summed E-state index contributed by atoms with van der Waals surface area (Å²) < 4.78 is 5.65. The molecule has 0 aliphatic carbocycles. The molecule has 0 spiro atoms. The standard InChI is InChI=1S/C20H27NO2.ClH/c1-20(2,3)17-9-11-19(12-10-17)23-15-18(22)14-21-13-16-7-5-4-6-8-16;/h4-12,18,21-22H,13-15H2,1-3H3;1H. The van der Waals surface area contributed by atoms with Gasteiger partial charge in [0.25, 0.3) is 0 Å². The molecule has 1 unspecified atom stereocenters. The maximum Gasteiger partial charge on any atom is 0.119 e. The van der Waals surface area contributed by atoms with Gasteiger partial charge in [0.05, 0.1) is 0 Å². The van der Waals surface area contributed by atoms with Crippen LogP contribution in [0.4, 0.5) is 0 Å².